The fourth-order valence-electron chi connectivity index (χ4n) is 5.38. The smallest absolute Gasteiger partial charge is 0.870 e. The van der Waals surface area contributed by atoms with Gasteiger partial charge in [0, 0.05) is 24.8 Å². The van der Waals surface area contributed by atoms with Gasteiger partial charge in [0.2, 0.25) is 0 Å². The molecule has 0 aromatic carbocycles. The molecule has 0 radical (unpaired) electrons. The molecule has 0 unspecified atom stereocenters. The molecule has 2 fully saturated rings. The molecule has 2 saturated carbocycles. The predicted molar refractivity (Wildman–Crippen MR) is 129 cm³/mol. The maximum Gasteiger partial charge on any atom is 1.00 e. The molecule has 0 amide bonds. The fraction of sp³-hybridized carbons (Fsp3) is 0.556. The zero-order chi connectivity index (χ0) is 23.6. The Morgan fingerprint density at radius 1 is 0.771 bits per heavy atom. The molecule has 4 rings (SSSR count). The summed E-state index contributed by atoms with van der Waals surface area (Å²) in [7, 11) is 1.49. The largest absolute Gasteiger partial charge is 1.00 e. The van der Waals surface area contributed by atoms with Crippen molar-refractivity contribution in [3.63, 3.8) is 0 Å². The van der Waals surface area contributed by atoms with Crippen molar-refractivity contribution in [1.29, 1.82) is 0 Å². The van der Waals surface area contributed by atoms with Crippen LogP contribution in [0.5, 0.6) is 0 Å². The number of pyridine rings is 2. The third-order valence-electron chi connectivity index (χ3n) is 7.28. The molecule has 0 aliphatic heterocycles. The van der Waals surface area contributed by atoms with Gasteiger partial charge < -0.3 is 15.3 Å². The average Bonchev–Trinajstić information content (AvgIpc) is 2.86. The number of esters is 1. The van der Waals surface area contributed by atoms with Gasteiger partial charge in [0.1, 0.15) is 0 Å². The summed E-state index contributed by atoms with van der Waals surface area (Å²) in [6.07, 6.45) is 18.7. The second kappa shape index (κ2) is 15.0. The second-order valence-corrected chi connectivity index (χ2v) is 9.54. The molecule has 7 nitrogen and oxygen atoms in total. The third kappa shape index (κ3) is 8.45. The Balaban J connectivity index is 0.000000332. The summed E-state index contributed by atoms with van der Waals surface area (Å²) < 4.78 is 5.01. The van der Waals surface area contributed by atoms with Crippen molar-refractivity contribution in [2.24, 2.45) is 10.8 Å². The van der Waals surface area contributed by atoms with Crippen molar-refractivity contribution < 1.29 is 43.8 Å². The predicted octanol–water partition coefficient (Wildman–Crippen LogP) is 2.23. The monoisotopic (exact) mass is 476 g/mol. The van der Waals surface area contributed by atoms with Crippen LogP contribution in [0, 0.1) is 10.8 Å². The number of nitrogens with zero attached hydrogens (tertiary/aromatic N) is 2. The van der Waals surface area contributed by atoms with Crippen LogP contribution in [-0.4, -0.2) is 39.6 Å². The average molecular weight is 477 g/mol. The van der Waals surface area contributed by atoms with E-state index in [0.29, 0.717) is 6.42 Å². The molecule has 2 aromatic rings. The first kappa shape index (κ1) is 30.8. The van der Waals surface area contributed by atoms with E-state index < -0.39 is 11.4 Å². The second-order valence-electron chi connectivity index (χ2n) is 9.54. The Bertz CT molecular complexity index is 883. The summed E-state index contributed by atoms with van der Waals surface area (Å²) in [6, 6.07) is 7.80. The van der Waals surface area contributed by atoms with Crippen molar-refractivity contribution >= 4 is 11.9 Å². The summed E-state index contributed by atoms with van der Waals surface area (Å²) in [5, 5.41) is 9.43. The number of hydrogen-bond donors (Lipinski definition) is 1. The van der Waals surface area contributed by atoms with Crippen LogP contribution < -0.4 is 18.9 Å². The number of carboxylic acids is 1. The molecule has 2 aliphatic carbocycles. The third-order valence-corrected chi connectivity index (χ3v) is 7.28. The molecule has 2 aromatic heterocycles. The topological polar surface area (TPSA) is 119 Å². The van der Waals surface area contributed by atoms with E-state index in [1.807, 2.05) is 24.3 Å². The maximum atomic E-state index is 12.1. The van der Waals surface area contributed by atoms with E-state index in [1.165, 1.54) is 25.5 Å². The van der Waals surface area contributed by atoms with Crippen molar-refractivity contribution in [3.8, 4) is 0 Å². The van der Waals surface area contributed by atoms with E-state index in [0.717, 1.165) is 63.4 Å². The summed E-state index contributed by atoms with van der Waals surface area (Å²) in [4.78, 5) is 31.5. The van der Waals surface area contributed by atoms with E-state index in [-0.39, 0.29) is 35.7 Å². The van der Waals surface area contributed by atoms with Crippen LogP contribution in [0.3, 0.4) is 0 Å². The number of hydrogen-bond acceptors (Lipinski definition) is 6. The molecular weight excluding hydrogens is 439 g/mol. The number of ether oxygens (including phenoxy) is 1. The molecule has 35 heavy (non-hydrogen) atoms. The number of methoxy groups -OCH3 is 1. The Morgan fingerprint density at radius 3 is 1.51 bits per heavy atom. The van der Waals surface area contributed by atoms with Gasteiger partial charge in [-0.3, -0.25) is 19.6 Å². The first-order chi connectivity index (χ1) is 16.0. The molecule has 0 saturated heterocycles. The molecule has 8 heteroatoms. The van der Waals surface area contributed by atoms with Gasteiger partial charge in [-0.25, -0.2) is 0 Å². The molecule has 2 aliphatic rings. The zero-order valence-electron chi connectivity index (χ0n) is 21.1. The first-order valence-electron chi connectivity index (χ1n) is 12.1. The number of carbonyl (C=O) groups is 2. The van der Waals surface area contributed by atoms with Crippen molar-refractivity contribution in [1.82, 2.24) is 9.97 Å². The molecule has 2 heterocycles. The van der Waals surface area contributed by atoms with Gasteiger partial charge in [0.25, 0.3) is 0 Å². The Hall–Kier alpha value is -2.20. The van der Waals surface area contributed by atoms with Crippen LogP contribution in [0.4, 0.5) is 0 Å². The van der Waals surface area contributed by atoms with E-state index in [9.17, 15) is 14.7 Å². The summed E-state index contributed by atoms with van der Waals surface area (Å²) in [6.45, 7) is 0. The van der Waals surface area contributed by atoms with Gasteiger partial charge in [-0.1, -0.05) is 38.5 Å². The van der Waals surface area contributed by atoms with Crippen LogP contribution in [-0.2, 0) is 27.2 Å². The quantitative estimate of drug-likeness (QED) is 0.502. The number of aliphatic carboxylic acids is 1. The van der Waals surface area contributed by atoms with Crippen molar-refractivity contribution in [2.45, 2.75) is 77.0 Å². The number of aromatic nitrogens is 2. The van der Waals surface area contributed by atoms with E-state index in [4.69, 9.17) is 4.74 Å². The summed E-state index contributed by atoms with van der Waals surface area (Å²) in [5.41, 5.74) is 1.43. The minimum Gasteiger partial charge on any atom is -0.870 e. The zero-order valence-corrected chi connectivity index (χ0v) is 21.1. The minimum atomic E-state index is -0.635. The van der Waals surface area contributed by atoms with Crippen molar-refractivity contribution in [3.05, 3.63) is 60.2 Å². The standard InChI is InChI=1S/C14H19NO2.C13H17NO2.Li.H2O/c1-17-13(16)14(7-3-2-4-8-14)11-12-5-9-15-10-6-12;15-12(16)13(6-2-1-3-7-13)10-11-4-8-14-9-5-11;;/h5-6,9-10H,2-4,7-8,11H2,1H3;4-5,8-9H,1-3,6-7,10H2,(H,15,16);;1H2/q;;+1;/p-1. The van der Waals surface area contributed by atoms with Crippen LogP contribution in [0.1, 0.15) is 75.3 Å². The SMILES string of the molecule is COC(=O)C1(Cc2ccncc2)CCCCC1.O=C(O)C1(Cc2ccncc2)CCCCC1.[Li+].[OH-]. The molecule has 0 bridgehead atoms. The van der Waals surface area contributed by atoms with Crippen LogP contribution >= 0.6 is 0 Å². The fourth-order valence-corrected chi connectivity index (χ4v) is 5.38. The number of carbonyl (C=O) groups excluding carboxylic acids is 1. The van der Waals surface area contributed by atoms with Gasteiger partial charge in [-0.05, 0) is 73.9 Å². The van der Waals surface area contributed by atoms with Gasteiger partial charge in [-0.2, -0.15) is 0 Å². The van der Waals surface area contributed by atoms with Gasteiger partial charge in [0.05, 0.1) is 17.9 Å². The van der Waals surface area contributed by atoms with Crippen molar-refractivity contribution in [2.75, 3.05) is 7.11 Å². The van der Waals surface area contributed by atoms with E-state index in [2.05, 4.69) is 9.97 Å². The Labute approximate surface area is 220 Å². The minimum absolute atomic E-state index is 0. The summed E-state index contributed by atoms with van der Waals surface area (Å²) >= 11 is 0. The van der Waals surface area contributed by atoms with Gasteiger partial charge >= 0.3 is 30.8 Å². The van der Waals surface area contributed by atoms with Gasteiger partial charge in [0.15, 0.2) is 0 Å². The molecular formula is C27H37LiN2O5. The normalized spacial score (nSPS) is 17.9. The number of carboxylic acid groups (broad SMARTS) is 1. The Kier molecular flexibility index (Phi) is 13.2. The van der Waals surface area contributed by atoms with E-state index >= 15 is 0 Å². The first-order valence-corrected chi connectivity index (χ1v) is 12.1. The molecule has 0 spiro atoms. The molecule has 2 N–H and O–H groups in total. The molecule has 186 valence electrons. The van der Waals surface area contributed by atoms with Crippen LogP contribution in [0.25, 0.3) is 0 Å². The number of rotatable bonds is 6. The maximum absolute atomic E-state index is 12.1. The summed E-state index contributed by atoms with van der Waals surface area (Å²) in [5.74, 6) is -0.682. The van der Waals surface area contributed by atoms with Gasteiger partial charge in [-0.15, -0.1) is 0 Å². The van der Waals surface area contributed by atoms with Crippen LogP contribution in [0.15, 0.2) is 49.1 Å². The molecule has 0 atom stereocenters. The Morgan fingerprint density at radius 2 is 1.14 bits per heavy atom. The van der Waals surface area contributed by atoms with E-state index in [1.54, 1.807) is 24.8 Å². The van der Waals surface area contributed by atoms with Crippen LogP contribution in [0.2, 0.25) is 0 Å².